The SMILES string of the molecule is O=C(NC1CCC(O)CC1)c1cc([N+](=O)[O-])ccc1N1CCCC1. The Bertz CT molecular complexity index is 620. The van der Waals surface area contributed by atoms with Crippen molar-refractivity contribution in [1.82, 2.24) is 5.32 Å². The third-order valence-electron chi connectivity index (χ3n) is 4.91. The number of carbonyl (C=O) groups is 1. The highest BCUT2D eigenvalue weighted by molar-refractivity contribution is 6.00. The fraction of sp³-hybridized carbons (Fsp3) is 0.588. The Hall–Kier alpha value is -2.15. The summed E-state index contributed by atoms with van der Waals surface area (Å²) in [6.07, 6.45) is 4.69. The number of nitrogens with one attached hydrogen (secondary N) is 1. The lowest BCUT2D eigenvalue weighted by Gasteiger charge is -2.27. The van der Waals surface area contributed by atoms with E-state index in [-0.39, 0.29) is 23.7 Å². The van der Waals surface area contributed by atoms with Crippen LogP contribution >= 0.6 is 0 Å². The van der Waals surface area contributed by atoms with Gasteiger partial charge in [-0.05, 0) is 44.6 Å². The highest BCUT2D eigenvalue weighted by Crippen LogP contribution is 2.29. The predicted molar refractivity (Wildman–Crippen MR) is 90.3 cm³/mol. The Balaban J connectivity index is 1.81. The zero-order valence-corrected chi connectivity index (χ0v) is 13.6. The van der Waals surface area contributed by atoms with Gasteiger partial charge in [0.2, 0.25) is 0 Å². The first kappa shape index (κ1) is 16.7. The quantitative estimate of drug-likeness (QED) is 0.651. The molecule has 130 valence electrons. The summed E-state index contributed by atoms with van der Waals surface area (Å²) in [5.74, 6) is -0.262. The Kier molecular flexibility index (Phi) is 4.99. The first-order valence-electron chi connectivity index (χ1n) is 8.57. The van der Waals surface area contributed by atoms with Crippen LogP contribution in [0.25, 0.3) is 0 Å². The molecule has 1 aliphatic heterocycles. The molecule has 7 nitrogen and oxygen atoms in total. The molecule has 1 saturated heterocycles. The van der Waals surface area contributed by atoms with E-state index in [1.807, 2.05) is 0 Å². The summed E-state index contributed by atoms with van der Waals surface area (Å²) in [7, 11) is 0. The monoisotopic (exact) mass is 333 g/mol. The first-order chi connectivity index (χ1) is 11.5. The van der Waals surface area contributed by atoms with Gasteiger partial charge in [-0.25, -0.2) is 0 Å². The molecule has 1 aliphatic carbocycles. The average molecular weight is 333 g/mol. The van der Waals surface area contributed by atoms with Crippen LogP contribution in [0.1, 0.15) is 48.9 Å². The third kappa shape index (κ3) is 3.67. The number of non-ortho nitro benzene ring substituents is 1. The Morgan fingerprint density at radius 1 is 1.21 bits per heavy atom. The van der Waals surface area contributed by atoms with Crippen molar-refractivity contribution < 1.29 is 14.8 Å². The number of nitrogens with zero attached hydrogens (tertiary/aromatic N) is 2. The van der Waals surface area contributed by atoms with Crippen molar-refractivity contribution in [3.05, 3.63) is 33.9 Å². The summed E-state index contributed by atoms with van der Waals surface area (Å²) in [6.45, 7) is 1.74. The highest BCUT2D eigenvalue weighted by Gasteiger charge is 2.26. The van der Waals surface area contributed by atoms with E-state index < -0.39 is 4.92 Å². The normalized spacial score (nSPS) is 24.0. The molecule has 24 heavy (non-hydrogen) atoms. The Labute approximate surface area is 140 Å². The second-order valence-electron chi connectivity index (χ2n) is 6.63. The first-order valence-corrected chi connectivity index (χ1v) is 8.57. The number of nitro groups is 1. The summed E-state index contributed by atoms with van der Waals surface area (Å²) in [5, 5.41) is 23.6. The van der Waals surface area contributed by atoms with Crippen LogP contribution in [0.3, 0.4) is 0 Å². The molecule has 1 aromatic rings. The molecular weight excluding hydrogens is 310 g/mol. The van der Waals surface area contributed by atoms with E-state index in [0.29, 0.717) is 18.4 Å². The molecule has 1 saturated carbocycles. The van der Waals surface area contributed by atoms with Gasteiger partial charge in [0, 0.05) is 31.3 Å². The topological polar surface area (TPSA) is 95.7 Å². The molecule has 0 spiro atoms. The maximum atomic E-state index is 12.7. The van der Waals surface area contributed by atoms with E-state index in [1.54, 1.807) is 6.07 Å². The smallest absolute Gasteiger partial charge is 0.270 e. The van der Waals surface area contributed by atoms with Crippen molar-refractivity contribution in [2.24, 2.45) is 0 Å². The summed E-state index contributed by atoms with van der Waals surface area (Å²) in [6, 6.07) is 4.54. The maximum Gasteiger partial charge on any atom is 0.270 e. The minimum absolute atomic E-state index is 0.0200. The van der Waals surface area contributed by atoms with Gasteiger partial charge in [-0.15, -0.1) is 0 Å². The van der Waals surface area contributed by atoms with E-state index in [0.717, 1.165) is 44.5 Å². The van der Waals surface area contributed by atoms with Gasteiger partial charge in [0.05, 0.1) is 22.3 Å². The van der Waals surface area contributed by atoms with Gasteiger partial charge >= 0.3 is 0 Å². The molecule has 2 aliphatic rings. The van der Waals surface area contributed by atoms with E-state index in [2.05, 4.69) is 10.2 Å². The lowest BCUT2D eigenvalue weighted by Crippen LogP contribution is -2.39. The summed E-state index contributed by atoms with van der Waals surface area (Å²) >= 11 is 0. The van der Waals surface area contributed by atoms with Crippen LogP contribution in [0, 0.1) is 10.1 Å². The lowest BCUT2D eigenvalue weighted by molar-refractivity contribution is -0.384. The molecule has 3 rings (SSSR count). The number of anilines is 1. The molecule has 1 aromatic carbocycles. The van der Waals surface area contributed by atoms with E-state index in [9.17, 15) is 20.0 Å². The Morgan fingerprint density at radius 2 is 1.88 bits per heavy atom. The number of aliphatic hydroxyl groups excluding tert-OH is 1. The van der Waals surface area contributed by atoms with Crippen molar-refractivity contribution in [3.8, 4) is 0 Å². The molecule has 2 N–H and O–H groups in total. The Morgan fingerprint density at radius 3 is 2.50 bits per heavy atom. The standard InChI is InChI=1S/C17H23N3O4/c21-14-6-3-12(4-7-14)18-17(22)15-11-13(20(23)24)5-8-16(15)19-9-1-2-10-19/h5,8,11-12,14,21H,1-4,6-7,9-10H2,(H,18,22). The highest BCUT2D eigenvalue weighted by atomic mass is 16.6. The van der Waals surface area contributed by atoms with Gasteiger partial charge in [-0.2, -0.15) is 0 Å². The van der Waals surface area contributed by atoms with Crippen molar-refractivity contribution in [1.29, 1.82) is 0 Å². The van der Waals surface area contributed by atoms with Gasteiger partial charge in [0.1, 0.15) is 0 Å². The zero-order valence-electron chi connectivity index (χ0n) is 13.6. The molecule has 0 bridgehead atoms. The van der Waals surface area contributed by atoms with Crippen LogP contribution in [0.5, 0.6) is 0 Å². The second-order valence-corrected chi connectivity index (χ2v) is 6.63. The van der Waals surface area contributed by atoms with Crippen molar-refractivity contribution in [2.75, 3.05) is 18.0 Å². The molecular formula is C17H23N3O4. The number of rotatable bonds is 4. The van der Waals surface area contributed by atoms with Gasteiger partial charge < -0.3 is 15.3 Å². The largest absolute Gasteiger partial charge is 0.393 e. The number of amides is 1. The number of hydrogen-bond donors (Lipinski definition) is 2. The van der Waals surface area contributed by atoms with E-state index in [1.165, 1.54) is 12.1 Å². The molecule has 0 radical (unpaired) electrons. The van der Waals surface area contributed by atoms with E-state index in [4.69, 9.17) is 0 Å². The van der Waals surface area contributed by atoms with Crippen LogP contribution in [0.15, 0.2) is 18.2 Å². The average Bonchev–Trinajstić information content (AvgIpc) is 3.10. The van der Waals surface area contributed by atoms with Gasteiger partial charge in [-0.1, -0.05) is 0 Å². The fourth-order valence-electron chi connectivity index (χ4n) is 3.54. The molecule has 0 unspecified atom stereocenters. The number of hydrogen-bond acceptors (Lipinski definition) is 5. The van der Waals surface area contributed by atoms with Crippen LogP contribution in [0.4, 0.5) is 11.4 Å². The minimum atomic E-state index is -0.471. The lowest BCUT2D eigenvalue weighted by atomic mass is 9.93. The third-order valence-corrected chi connectivity index (χ3v) is 4.91. The van der Waals surface area contributed by atoms with Crippen LogP contribution in [0.2, 0.25) is 0 Å². The van der Waals surface area contributed by atoms with Gasteiger partial charge in [0.25, 0.3) is 11.6 Å². The van der Waals surface area contributed by atoms with Gasteiger partial charge in [-0.3, -0.25) is 14.9 Å². The summed E-state index contributed by atoms with van der Waals surface area (Å²) in [5.41, 5.74) is 1.07. The maximum absolute atomic E-state index is 12.7. The van der Waals surface area contributed by atoms with Gasteiger partial charge in [0.15, 0.2) is 0 Å². The van der Waals surface area contributed by atoms with Crippen molar-refractivity contribution in [2.45, 2.75) is 50.7 Å². The number of nitro benzene ring substituents is 1. The van der Waals surface area contributed by atoms with Crippen LogP contribution in [-0.2, 0) is 0 Å². The number of aliphatic hydroxyl groups is 1. The molecule has 0 atom stereocenters. The molecule has 1 amide bonds. The summed E-state index contributed by atoms with van der Waals surface area (Å²) < 4.78 is 0. The second kappa shape index (κ2) is 7.17. The minimum Gasteiger partial charge on any atom is -0.393 e. The van der Waals surface area contributed by atoms with Crippen LogP contribution in [-0.4, -0.2) is 41.2 Å². The number of carbonyl (C=O) groups excluding carboxylic acids is 1. The summed E-state index contributed by atoms with van der Waals surface area (Å²) in [4.78, 5) is 25.4. The van der Waals surface area contributed by atoms with Crippen molar-refractivity contribution in [3.63, 3.8) is 0 Å². The number of benzene rings is 1. The molecule has 2 fully saturated rings. The molecule has 0 aromatic heterocycles. The predicted octanol–water partition coefficient (Wildman–Crippen LogP) is 2.23. The fourth-order valence-corrected chi connectivity index (χ4v) is 3.54. The molecule has 7 heteroatoms. The zero-order chi connectivity index (χ0) is 17.1. The van der Waals surface area contributed by atoms with Crippen molar-refractivity contribution >= 4 is 17.3 Å². The molecule has 1 heterocycles. The van der Waals surface area contributed by atoms with Crippen LogP contribution < -0.4 is 10.2 Å². The van der Waals surface area contributed by atoms with E-state index >= 15 is 0 Å².